The Hall–Kier alpha value is -2.09. The van der Waals surface area contributed by atoms with Crippen molar-refractivity contribution in [2.24, 2.45) is 0 Å². The number of nitrogens with zero attached hydrogens (tertiary/aromatic N) is 1. The first-order valence-electron chi connectivity index (χ1n) is 10.1. The van der Waals surface area contributed by atoms with Gasteiger partial charge in [0.25, 0.3) is 0 Å². The number of carbonyl (C=O) groups is 1. The number of fused-ring (bicyclic) bond motifs is 5. The molecule has 1 fully saturated rings. The summed E-state index contributed by atoms with van der Waals surface area (Å²) in [6.45, 7) is 6.71. The van der Waals surface area contributed by atoms with Crippen LogP contribution in [0.1, 0.15) is 37.6 Å². The SMILES string of the molecule is CCOC1(OCC)CCN2CCc3c([nH]c4ccccc34)[C@@H]2[C@@H]1NC(=O)OC. The number of aromatic amines is 1. The lowest BCUT2D eigenvalue weighted by atomic mass is 9.83. The fourth-order valence-corrected chi connectivity index (χ4v) is 4.87. The molecule has 2 atom stereocenters. The average molecular weight is 387 g/mol. The van der Waals surface area contributed by atoms with Crippen molar-refractivity contribution >= 4 is 17.0 Å². The molecule has 3 heterocycles. The Morgan fingerprint density at radius 1 is 1.25 bits per heavy atom. The van der Waals surface area contributed by atoms with E-state index in [2.05, 4.69) is 33.4 Å². The van der Waals surface area contributed by atoms with Gasteiger partial charge in [-0.3, -0.25) is 4.90 Å². The molecule has 2 aromatic rings. The van der Waals surface area contributed by atoms with Gasteiger partial charge in [0.2, 0.25) is 0 Å². The van der Waals surface area contributed by atoms with Crippen LogP contribution in [0.25, 0.3) is 10.9 Å². The second kappa shape index (κ2) is 7.73. The first-order chi connectivity index (χ1) is 13.6. The van der Waals surface area contributed by atoms with E-state index in [1.807, 2.05) is 19.9 Å². The molecule has 4 rings (SSSR count). The third kappa shape index (κ3) is 3.07. The molecule has 28 heavy (non-hydrogen) atoms. The van der Waals surface area contributed by atoms with Gasteiger partial charge in [-0.25, -0.2) is 4.79 Å². The lowest BCUT2D eigenvalue weighted by Gasteiger charge is -2.52. The summed E-state index contributed by atoms with van der Waals surface area (Å²) >= 11 is 0. The van der Waals surface area contributed by atoms with Crippen molar-refractivity contribution in [1.82, 2.24) is 15.2 Å². The molecule has 2 aliphatic heterocycles. The highest BCUT2D eigenvalue weighted by molar-refractivity contribution is 5.85. The summed E-state index contributed by atoms with van der Waals surface area (Å²) in [5.74, 6) is -0.884. The summed E-state index contributed by atoms with van der Waals surface area (Å²) in [5.41, 5.74) is 3.57. The van der Waals surface area contributed by atoms with Gasteiger partial charge in [-0.2, -0.15) is 0 Å². The molecule has 7 nitrogen and oxygen atoms in total. The van der Waals surface area contributed by atoms with Crippen LogP contribution in [0.4, 0.5) is 4.79 Å². The summed E-state index contributed by atoms with van der Waals surface area (Å²) in [7, 11) is 1.38. The maximum atomic E-state index is 12.3. The minimum atomic E-state index is -0.884. The fraction of sp³-hybridized carbons (Fsp3) is 0.571. The van der Waals surface area contributed by atoms with Gasteiger partial charge in [0.1, 0.15) is 6.04 Å². The van der Waals surface area contributed by atoms with Crippen LogP contribution in [0.2, 0.25) is 0 Å². The zero-order chi connectivity index (χ0) is 19.7. The van der Waals surface area contributed by atoms with Crippen LogP contribution in [-0.2, 0) is 20.6 Å². The normalized spacial score (nSPS) is 23.8. The van der Waals surface area contributed by atoms with Crippen LogP contribution < -0.4 is 5.32 Å². The van der Waals surface area contributed by atoms with E-state index in [0.29, 0.717) is 19.6 Å². The molecule has 1 saturated heterocycles. The Labute approximate surface area is 165 Å². The zero-order valence-electron chi connectivity index (χ0n) is 16.8. The maximum absolute atomic E-state index is 12.3. The minimum absolute atomic E-state index is 0.0675. The molecule has 0 unspecified atom stereocenters. The van der Waals surface area contributed by atoms with Crippen LogP contribution >= 0.6 is 0 Å². The highest BCUT2D eigenvalue weighted by Gasteiger charge is 2.54. The van der Waals surface area contributed by atoms with Gasteiger partial charge in [-0.1, -0.05) is 18.2 Å². The largest absolute Gasteiger partial charge is 0.453 e. The van der Waals surface area contributed by atoms with Crippen molar-refractivity contribution in [3.63, 3.8) is 0 Å². The highest BCUT2D eigenvalue weighted by Crippen LogP contribution is 2.44. The maximum Gasteiger partial charge on any atom is 0.407 e. The number of hydrogen-bond acceptors (Lipinski definition) is 5. The number of benzene rings is 1. The van der Waals surface area contributed by atoms with Crippen molar-refractivity contribution in [1.29, 1.82) is 0 Å². The number of ether oxygens (including phenoxy) is 3. The molecule has 2 N–H and O–H groups in total. The number of aromatic nitrogens is 1. The molecular weight excluding hydrogens is 358 g/mol. The van der Waals surface area contributed by atoms with Gasteiger partial charge in [0.15, 0.2) is 5.79 Å². The topological polar surface area (TPSA) is 75.8 Å². The molecule has 1 amide bonds. The lowest BCUT2D eigenvalue weighted by Crippen LogP contribution is -2.66. The average Bonchev–Trinajstić information content (AvgIpc) is 3.09. The van der Waals surface area contributed by atoms with Crippen LogP contribution in [0, 0.1) is 0 Å². The summed E-state index contributed by atoms with van der Waals surface area (Å²) in [4.78, 5) is 18.3. The molecule has 1 aromatic carbocycles. The molecule has 0 aliphatic carbocycles. The Morgan fingerprint density at radius 2 is 2.00 bits per heavy atom. The van der Waals surface area contributed by atoms with Crippen LogP contribution in [0.3, 0.4) is 0 Å². The van der Waals surface area contributed by atoms with Crippen molar-refractivity contribution in [2.45, 2.75) is 44.6 Å². The lowest BCUT2D eigenvalue weighted by molar-refractivity contribution is -0.276. The van der Waals surface area contributed by atoms with Gasteiger partial charge in [0, 0.05) is 49.3 Å². The predicted molar refractivity (Wildman–Crippen MR) is 106 cm³/mol. The molecule has 2 aliphatic rings. The van der Waals surface area contributed by atoms with E-state index >= 15 is 0 Å². The van der Waals surface area contributed by atoms with Gasteiger partial charge in [0.05, 0.1) is 13.2 Å². The van der Waals surface area contributed by atoms with Crippen LogP contribution in [0.15, 0.2) is 24.3 Å². The number of amides is 1. The van der Waals surface area contributed by atoms with Gasteiger partial charge < -0.3 is 24.5 Å². The summed E-state index contributed by atoms with van der Waals surface area (Å²) in [6.07, 6.45) is 1.20. The van der Waals surface area contributed by atoms with E-state index in [0.717, 1.165) is 30.7 Å². The van der Waals surface area contributed by atoms with E-state index in [9.17, 15) is 4.79 Å². The van der Waals surface area contributed by atoms with Crippen molar-refractivity contribution < 1.29 is 19.0 Å². The molecule has 0 radical (unpaired) electrons. The number of carbonyl (C=O) groups excluding carboxylic acids is 1. The Morgan fingerprint density at radius 3 is 2.71 bits per heavy atom. The van der Waals surface area contributed by atoms with Gasteiger partial charge in [-0.15, -0.1) is 0 Å². The summed E-state index contributed by atoms with van der Waals surface area (Å²) in [6, 6.07) is 7.91. The Balaban J connectivity index is 1.83. The number of nitrogens with one attached hydrogen (secondary N) is 2. The smallest absolute Gasteiger partial charge is 0.407 e. The predicted octanol–water partition coefficient (Wildman–Crippen LogP) is 2.96. The second-order valence-electron chi connectivity index (χ2n) is 7.34. The standard InChI is InChI=1S/C21H29N3O4/c1-4-27-21(28-5-2)11-13-24-12-10-15-14-8-6-7-9-16(14)22-17(15)18(24)19(21)23-20(25)26-3/h6-9,18-19,22H,4-5,10-13H2,1-3H3,(H,23,25)/t18-,19+/m1/s1. The van der Waals surface area contributed by atoms with Gasteiger partial charge in [-0.05, 0) is 31.9 Å². The third-order valence-electron chi connectivity index (χ3n) is 5.96. The first kappa shape index (κ1) is 19.2. The van der Waals surface area contributed by atoms with Crippen LogP contribution in [0.5, 0.6) is 0 Å². The van der Waals surface area contributed by atoms with E-state index in [1.54, 1.807) is 0 Å². The number of rotatable bonds is 5. The number of para-hydroxylation sites is 1. The van der Waals surface area contributed by atoms with Crippen LogP contribution in [-0.4, -0.2) is 61.2 Å². The Bertz CT molecular complexity index is 843. The number of H-pyrrole nitrogens is 1. The van der Waals surface area contributed by atoms with Gasteiger partial charge >= 0.3 is 6.09 Å². The van der Waals surface area contributed by atoms with Crippen molar-refractivity contribution in [2.75, 3.05) is 33.4 Å². The summed E-state index contributed by atoms with van der Waals surface area (Å²) < 4.78 is 17.3. The molecular formula is C21H29N3O4. The Kier molecular flexibility index (Phi) is 5.31. The first-order valence-corrected chi connectivity index (χ1v) is 10.1. The number of methoxy groups -OCH3 is 1. The molecule has 1 aromatic heterocycles. The van der Waals surface area contributed by atoms with E-state index < -0.39 is 11.9 Å². The zero-order valence-corrected chi connectivity index (χ0v) is 16.8. The molecule has 0 saturated carbocycles. The quantitative estimate of drug-likeness (QED) is 0.772. The molecule has 7 heteroatoms. The van der Waals surface area contributed by atoms with E-state index in [1.165, 1.54) is 18.1 Å². The third-order valence-corrected chi connectivity index (χ3v) is 5.96. The monoisotopic (exact) mass is 387 g/mol. The molecule has 0 spiro atoms. The summed E-state index contributed by atoms with van der Waals surface area (Å²) in [5, 5.41) is 4.29. The number of piperidine rings is 1. The van der Waals surface area contributed by atoms with E-state index in [-0.39, 0.29) is 12.1 Å². The fourth-order valence-electron chi connectivity index (χ4n) is 4.87. The van der Waals surface area contributed by atoms with E-state index in [4.69, 9.17) is 14.2 Å². The van der Waals surface area contributed by atoms with Crippen molar-refractivity contribution in [3.05, 3.63) is 35.5 Å². The molecule has 0 bridgehead atoms. The second-order valence-corrected chi connectivity index (χ2v) is 7.34. The highest BCUT2D eigenvalue weighted by atomic mass is 16.7. The number of hydrogen-bond donors (Lipinski definition) is 2. The number of alkyl carbamates (subject to hydrolysis) is 1. The minimum Gasteiger partial charge on any atom is -0.453 e. The molecule has 152 valence electrons. The van der Waals surface area contributed by atoms with Crippen molar-refractivity contribution in [3.8, 4) is 0 Å².